The van der Waals surface area contributed by atoms with E-state index < -0.39 is 11.6 Å². The molecule has 0 aliphatic carbocycles. The Bertz CT molecular complexity index is 352. The van der Waals surface area contributed by atoms with E-state index in [1.165, 1.54) is 0 Å². The molecule has 1 aromatic carbocycles. The molecule has 0 heterocycles. The van der Waals surface area contributed by atoms with E-state index in [9.17, 15) is 8.78 Å². The van der Waals surface area contributed by atoms with Gasteiger partial charge in [-0.3, -0.25) is 0 Å². The summed E-state index contributed by atoms with van der Waals surface area (Å²) in [5.74, 6) is -1.12. The van der Waals surface area contributed by atoms with E-state index in [0.29, 0.717) is 23.9 Å². The van der Waals surface area contributed by atoms with Crippen molar-refractivity contribution in [3.63, 3.8) is 0 Å². The van der Waals surface area contributed by atoms with Crippen LogP contribution < -0.4 is 5.32 Å². The fourth-order valence-electron chi connectivity index (χ4n) is 2.20. The van der Waals surface area contributed by atoms with Crippen molar-refractivity contribution < 1.29 is 8.78 Å². The lowest BCUT2D eigenvalue weighted by Gasteiger charge is -2.18. The molecular weight excluding hydrogens is 220 g/mol. The quantitative estimate of drug-likeness (QED) is 0.803. The number of benzene rings is 1. The standard InChI is InChI=1S/C14H21F2N/c1-4-17-11(3)8-10(2)9-12-6-5-7-13(15)14(12)16/h5-7,10-11,17H,4,8-9H2,1-3H3. The van der Waals surface area contributed by atoms with Gasteiger partial charge in [0.05, 0.1) is 0 Å². The molecule has 0 fully saturated rings. The van der Waals surface area contributed by atoms with Crippen LogP contribution in [-0.4, -0.2) is 12.6 Å². The van der Waals surface area contributed by atoms with Crippen LogP contribution >= 0.6 is 0 Å². The monoisotopic (exact) mass is 241 g/mol. The summed E-state index contributed by atoms with van der Waals surface area (Å²) in [6.07, 6.45) is 1.54. The van der Waals surface area contributed by atoms with E-state index >= 15 is 0 Å². The summed E-state index contributed by atoms with van der Waals surface area (Å²) >= 11 is 0. The summed E-state index contributed by atoms with van der Waals surface area (Å²) in [6, 6.07) is 4.79. The van der Waals surface area contributed by atoms with E-state index in [0.717, 1.165) is 19.0 Å². The number of hydrogen-bond acceptors (Lipinski definition) is 1. The highest BCUT2D eigenvalue weighted by Gasteiger charge is 2.13. The molecule has 0 radical (unpaired) electrons. The Kier molecular flexibility index (Phi) is 5.56. The van der Waals surface area contributed by atoms with Gasteiger partial charge in [-0.15, -0.1) is 0 Å². The maximum Gasteiger partial charge on any atom is 0.162 e. The predicted molar refractivity (Wildman–Crippen MR) is 67.0 cm³/mol. The second-order valence-electron chi connectivity index (χ2n) is 4.72. The van der Waals surface area contributed by atoms with Crippen LogP contribution in [0.5, 0.6) is 0 Å². The Labute approximate surface area is 102 Å². The van der Waals surface area contributed by atoms with Gasteiger partial charge >= 0.3 is 0 Å². The van der Waals surface area contributed by atoms with Crippen molar-refractivity contribution in [3.05, 3.63) is 35.4 Å². The van der Waals surface area contributed by atoms with Crippen molar-refractivity contribution in [1.29, 1.82) is 0 Å². The summed E-state index contributed by atoms with van der Waals surface area (Å²) in [4.78, 5) is 0. The van der Waals surface area contributed by atoms with Crippen LogP contribution in [0, 0.1) is 17.6 Å². The number of hydrogen-bond donors (Lipinski definition) is 1. The highest BCUT2D eigenvalue weighted by molar-refractivity contribution is 5.19. The van der Waals surface area contributed by atoms with Gasteiger partial charge in [-0.2, -0.15) is 0 Å². The van der Waals surface area contributed by atoms with Gasteiger partial charge in [-0.1, -0.05) is 26.0 Å². The predicted octanol–water partition coefficient (Wildman–Crippen LogP) is 3.53. The van der Waals surface area contributed by atoms with Gasteiger partial charge < -0.3 is 5.32 Å². The smallest absolute Gasteiger partial charge is 0.162 e. The van der Waals surface area contributed by atoms with Crippen LogP contribution in [0.25, 0.3) is 0 Å². The van der Waals surface area contributed by atoms with E-state index in [2.05, 4.69) is 26.1 Å². The van der Waals surface area contributed by atoms with Gasteiger partial charge in [0.15, 0.2) is 11.6 Å². The molecule has 0 saturated carbocycles. The van der Waals surface area contributed by atoms with Gasteiger partial charge in [-0.05, 0) is 43.9 Å². The van der Waals surface area contributed by atoms with Crippen LogP contribution in [0.15, 0.2) is 18.2 Å². The average Bonchev–Trinajstić information content (AvgIpc) is 2.25. The highest BCUT2D eigenvalue weighted by Crippen LogP contribution is 2.18. The van der Waals surface area contributed by atoms with Crippen LogP contribution in [0.4, 0.5) is 8.78 Å². The average molecular weight is 241 g/mol. The van der Waals surface area contributed by atoms with Gasteiger partial charge in [0.2, 0.25) is 0 Å². The van der Waals surface area contributed by atoms with E-state index in [1.54, 1.807) is 12.1 Å². The van der Waals surface area contributed by atoms with E-state index in [1.807, 2.05) is 0 Å². The second kappa shape index (κ2) is 6.70. The highest BCUT2D eigenvalue weighted by atomic mass is 19.2. The zero-order chi connectivity index (χ0) is 12.8. The zero-order valence-corrected chi connectivity index (χ0v) is 10.8. The third kappa shape index (κ3) is 4.43. The summed E-state index contributed by atoms with van der Waals surface area (Å²) < 4.78 is 26.5. The number of halogens is 2. The maximum atomic E-state index is 13.5. The SMILES string of the molecule is CCNC(C)CC(C)Cc1cccc(F)c1F. The van der Waals surface area contributed by atoms with E-state index in [-0.39, 0.29) is 0 Å². The third-order valence-electron chi connectivity index (χ3n) is 2.91. The molecule has 2 unspecified atom stereocenters. The molecule has 0 amide bonds. The van der Waals surface area contributed by atoms with E-state index in [4.69, 9.17) is 0 Å². The molecule has 96 valence electrons. The molecule has 0 saturated heterocycles. The fourth-order valence-corrected chi connectivity index (χ4v) is 2.20. The van der Waals surface area contributed by atoms with Crippen LogP contribution in [-0.2, 0) is 6.42 Å². The lowest BCUT2D eigenvalue weighted by molar-refractivity contribution is 0.416. The van der Waals surface area contributed by atoms with Crippen molar-refractivity contribution >= 4 is 0 Å². The van der Waals surface area contributed by atoms with Gasteiger partial charge in [0.1, 0.15) is 0 Å². The Balaban J connectivity index is 2.56. The number of rotatable bonds is 6. The first-order valence-corrected chi connectivity index (χ1v) is 6.20. The molecule has 1 nitrogen and oxygen atoms in total. The minimum Gasteiger partial charge on any atom is -0.315 e. The minimum absolute atomic E-state index is 0.334. The molecule has 1 rings (SSSR count). The normalized spacial score (nSPS) is 14.6. The molecule has 1 N–H and O–H groups in total. The maximum absolute atomic E-state index is 13.5. The zero-order valence-electron chi connectivity index (χ0n) is 10.8. The van der Waals surface area contributed by atoms with Crippen LogP contribution in [0.2, 0.25) is 0 Å². The van der Waals surface area contributed by atoms with Gasteiger partial charge in [-0.25, -0.2) is 8.78 Å². The summed E-state index contributed by atoms with van der Waals surface area (Å²) in [5.41, 5.74) is 0.473. The van der Waals surface area contributed by atoms with Gasteiger partial charge in [0, 0.05) is 6.04 Å². The summed E-state index contributed by atoms with van der Waals surface area (Å²) in [6.45, 7) is 7.18. The Morgan fingerprint density at radius 1 is 1.24 bits per heavy atom. The van der Waals surface area contributed by atoms with Gasteiger partial charge in [0.25, 0.3) is 0 Å². The molecule has 0 aromatic heterocycles. The van der Waals surface area contributed by atoms with Crippen LogP contribution in [0.1, 0.15) is 32.8 Å². The molecule has 3 heteroatoms. The second-order valence-corrected chi connectivity index (χ2v) is 4.72. The molecular formula is C14H21F2N. The van der Waals surface area contributed by atoms with Crippen molar-refractivity contribution in [3.8, 4) is 0 Å². The van der Waals surface area contributed by atoms with Crippen molar-refractivity contribution in [1.82, 2.24) is 5.32 Å². The lowest BCUT2D eigenvalue weighted by atomic mass is 9.94. The molecule has 0 bridgehead atoms. The lowest BCUT2D eigenvalue weighted by Crippen LogP contribution is -2.27. The largest absolute Gasteiger partial charge is 0.315 e. The Morgan fingerprint density at radius 2 is 1.94 bits per heavy atom. The molecule has 0 aliphatic heterocycles. The molecule has 17 heavy (non-hydrogen) atoms. The molecule has 0 spiro atoms. The molecule has 1 aromatic rings. The third-order valence-corrected chi connectivity index (χ3v) is 2.91. The molecule has 2 atom stereocenters. The first kappa shape index (κ1) is 14.1. The first-order valence-electron chi connectivity index (χ1n) is 6.20. The first-order chi connectivity index (χ1) is 8.04. The minimum atomic E-state index is -0.755. The summed E-state index contributed by atoms with van der Waals surface area (Å²) in [5, 5.41) is 3.32. The Morgan fingerprint density at radius 3 is 2.59 bits per heavy atom. The van der Waals surface area contributed by atoms with Crippen molar-refractivity contribution in [2.24, 2.45) is 5.92 Å². The van der Waals surface area contributed by atoms with Crippen LogP contribution in [0.3, 0.4) is 0 Å². The Hall–Kier alpha value is -0.960. The summed E-state index contributed by atoms with van der Waals surface area (Å²) in [7, 11) is 0. The molecule has 0 aliphatic rings. The fraction of sp³-hybridized carbons (Fsp3) is 0.571. The topological polar surface area (TPSA) is 12.0 Å². The van der Waals surface area contributed by atoms with Crippen molar-refractivity contribution in [2.75, 3.05) is 6.54 Å². The number of nitrogens with one attached hydrogen (secondary N) is 1. The van der Waals surface area contributed by atoms with Crippen molar-refractivity contribution in [2.45, 2.75) is 39.7 Å².